The van der Waals surface area contributed by atoms with E-state index in [1.54, 1.807) is 23.1 Å². The lowest BCUT2D eigenvalue weighted by atomic mass is 10.1. The third kappa shape index (κ3) is 3.76. The summed E-state index contributed by atoms with van der Waals surface area (Å²) in [5, 5.41) is 7.42. The number of carbonyl (C=O) groups excluding carboxylic acids is 2. The number of rotatable bonds is 3. The Morgan fingerprint density at radius 2 is 2.21 bits per heavy atom. The molecule has 3 rings (SSSR count). The summed E-state index contributed by atoms with van der Waals surface area (Å²) < 4.78 is 5.22. The number of benzene rings is 1. The summed E-state index contributed by atoms with van der Waals surface area (Å²) in [6, 6.07) is 8.81. The number of nitrogens with zero attached hydrogens (tertiary/aromatic N) is 2. The van der Waals surface area contributed by atoms with E-state index in [1.807, 2.05) is 12.1 Å². The molecule has 0 radical (unpaired) electrons. The van der Waals surface area contributed by atoms with Gasteiger partial charge in [-0.15, -0.1) is 0 Å². The summed E-state index contributed by atoms with van der Waals surface area (Å²) in [7, 11) is 0. The molecule has 1 aromatic heterocycles. The summed E-state index contributed by atoms with van der Waals surface area (Å²) in [6.45, 7) is 2.60. The predicted octanol–water partition coefficient (Wildman–Crippen LogP) is 2.74. The highest BCUT2D eigenvalue weighted by Crippen LogP contribution is 2.23. The molecule has 0 spiro atoms. The molecular formula is C17H18ClN3O3. The summed E-state index contributed by atoms with van der Waals surface area (Å²) in [6.07, 6.45) is 1.71. The lowest BCUT2D eigenvalue weighted by molar-refractivity contribution is -0.120. The Bertz CT molecular complexity index is 759. The Hall–Kier alpha value is -2.34. The number of aromatic nitrogens is 1. The minimum Gasteiger partial charge on any atom is -0.352 e. The number of hydrogen-bond donors (Lipinski definition) is 1. The first-order valence-corrected chi connectivity index (χ1v) is 8.20. The number of piperidine rings is 1. The van der Waals surface area contributed by atoms with Crippen molar-refractivity contribution < 1.29 is 14.1 Å². The highest BCUT2D eigenvalue weighted by Gasteiger charge is 2.27. The number of amides is 2. The molecule has 0 unspecified atom stereocenters. The molecule has 0 aliphatic carbocycles. The maximum Gasteiger partial charge on any atom is 0.292 e. The van der Waals surface area contributed by atoms with Gasteiger partial charge in [-0.1, -0.05) is 28.9 Å². The van der Waals surface area contributed by atoms with E-state index in [0.29, 0.717) is 23.8 Å². The smallest absolute Gasteiger partial charge is 0.292 e. The van der Waals surface area contributed by atoms with Crippen molar-refractivity contribution in [2.45, 2.75) is 25.8 Å². The van der Waals surface area contributed by atoms with Gasteiger partial charge >= 0.3 is 0 Å². The van der Waals surface area contributed by atoms with Gasteiger partial charge in [-0.05, 0) is 25.0 Å². The summed E-state index contributed by atoms with van der Waals surface area (Å²) in [5.74, 6) is -0.114. The largest absolute Gasteiger partial charge is 0.352 e. The van der Waals surface area contributed by atoms with Gasteiger partial charge in [0.1, 0.15) is 5.69 Å². The third-order valence-corrected chi connectivity index (χ3v) is 4.19. The first-order valence-electron chi connectivity index (χ1n) is 7.82. The molecule has 7 heteroatoms. The van der Waals surface area contributed by atoms with Gasteiger partial charge in [-0.2, -0.15) is 0 Å². The normalized spacial score (nSPS) is 17.6. The van der Waals surface area contributed by atoms with Crippen LogP contribution in [0.25, 0.3) is 11.3 Å². The summed E-state index contributed by atoms with van der Waals surface area (Å²) >= 11 is 5.98. The molecule has 1 aromatic carbocycles. The van der Waals surface area contributed by atoms with Crippen LogP contribution in [0.15, 0.2) is 34.9 Å². The lowest BCUT2D eigenvalue weighted by Crippen LogP contribution is -2.49. The van der Waals surface area contributed by atoms with Crippen molar-refractivity contribution >= 4 is 23.4 Å². The number of halogens is 1. The molecule has 1 atom stereocenters. The Morgan fingerprint density at radius 1 is 1.38 bits per heavy atom. The predicted molar refractivity (Wildman–Crippen MR) is 89.7 cm³/mol. The first kappa shape index (κ1) is 16.5. The Labute approximate surface area is 144 Å². The van der Waals surface area contributed by atoms with Crippen molar-refractivity contribution in [1.29, 1.82) is 0 Å². The van der Waals surface area contributed by atoms with Crippen LogP contribution in [0.1, 0.15) is 30.3 Å². The van der Waals surface area contributed by atoms with E-state index in [9.17, 15) is 9.59 Å². The van der Waals surface area contributed by atoms with E-state index in [1.165, 1.54) is 6.92 Å². The van der Waals surface area contributed by atoms with Gasteiger partial charge in [-0.3, -0.25) is 9.59 Å². The standard InChI is InChI=1S/C17H18ClN3O3/c1-11(22)19-14-6-3-7-21(10-14)17(23)16-9-15(20-24-16)12-4-2-5-13(18)8-12/h2,4-5,8-9,14H,3,6-7,10H2,1H3,(H,19,22)/t14-/m0/s1. The fourth-order valence-electron chi connectivity index (χ4n) is 2.88. The van der Waals surface area contributed by atoms with Crippen LogP contribution in [0.4, 0.5) is 0 Å². The lowest BCUT2D eigenvalue weighted by Gasteiger charge is -2.32. The molecule has 24 heavy (non-hydrogen) atoms. The second kappa shape index (κ2) is 7.05. The van der Waals surface area contributed by atoms with E-state index in [0.717, 1.165) is 18.4 Å². The van der Waals surface area contributed by atoms with Gasteiger partial charge in [0.2, 0.25) is 11.7 Å². The molecule has 0 bridgehead atoms. The monoisotopic (exact) mass is 347 g/mol. The van der Waals surface area contributed by atoms with Crippen molar-refractivity contribution in [3.05, 3.63) is 41.1 Å². The van der Waals surface area contributed by atoms with Crippen LogP contribution in [0, 0.1) is 0 Å². The van der Waals surface area contributed by atoms with Crippen molar-refractivity contribution in [3.8, 4) is 11.3 Å². The van der Waals surface area contributed by atoms with Gasteiger partial charge in [-0.25, -0.2) is 0 Å². The zero-order valence-corrected chi connectivity index (χ0v) is 14.0. The molecule has 2 aromatic rings. The summed E-state index contributed by atoms with van der Waals surface area (Å²) in [5.41, 5.74) is 1.36. The zero-order valence-electron chi connectivity index (χ0n) is 13.3. The molecule has 1 aliphatic heterocycles. The molecule has 1 N–H and O–H groups in total. The SMILES string of the molecule is CC(=O)N[C@H]1CCCN(C(=O)c2cc(-c3cccc(Cl)c3)no2)C1. The van der Waals surface area contributed by atoms with E-state index < -0.39 is 0 Å². The molecule has 2 amide bonds. The number of likely N-dealkylation sites (tertiary alicyclic amines) is 1. The molecule has 0 saturated carbocycles. The van der Waals surface area contributed by atoms with E-state index >= 15 is 0 Å². The minimum absolute atomic E-state index is 0.0180. The van der Waals surface area contributed by atoms with Crippen LogP contribution in [0.2, 0.25) is 5.02 Å². The molecule has 1 saturated heterocycles. The van der Waals surface area contributed by atoms with E-state index in [-0.39, 0.29) is 23.6 Å². The maximum absolute atomic E-state index is 12.6. The average Bonchev–Trinajstić information content (AvgIpc) is 3.04. The average molecular weight is 348 g/mol. The molecule has 2 heterocycles. The van der Waals surface area contributed by atoms with Gasteiger partial charge in [0.25, 0.3) is 5.91 Å². The third-order valence-electron chi connectivity index (χ3n) is 3.96. The maximum atomic E-state index is 12.6. The van der Waals surface area contributed by atoms with Gasteiger partial charge in [0, 0.05) is 42.7 Å². The molecule has 6 nitrogen and oxygen atoms in total. The van der Waals surface area contributed by atoms with Crippen molar-refractivity contribution in [1.82, 2.24) is 15.4 Å². The topological polar surface area (TPSA) is 75.4 Å². The Morgan fingerprint density at radius 3 is 2.96 bits per heavy atom. The van der Waals surface area contributed by atoms with Crippen molar-refractivity contribution in [2.75, 3.05) is 13.1 Å². The van der Waals surface area contributed by atoms with Gasteiger partial charge < -0.3 is 14.7 Å². The fraction of sp³-hybridized carbons (Fsp3) is 0.353. The second-order valence-electron chi connectivity index (χ2n) is 5.88. The summed E-state index contributed by atoms with van der Waals surface area (Å²) in [4.78, 5) is 25.5. The molecular weight excluding hydrogens is 330 g/mol. The number of carbonyl (C=O) groups is 2. The first-order chi connectivity index (χ1) is 11.5. The Balaban J connectivity index is 1.72. The highest BCUT2D eigenvalue weighted by atomic mass is 35.5. The molecule has 1 aliphatic rings. The Kier molecular flexibility index (Phi) is 4.85. The molecule has 1 fully saturated rings. The van der Waals surface area contributed by atoms with E-state index in [4.69, 9.17) is 16.1 Å². The molecule has 126 valence electrons. The van der Waals surface area contributed by atoms with E-state index in [2.05, 4.69) is 10.5 Å². The number of nitrogens with one attached hydrogen (secondary N) is 1. The zero-order chi connectivity index (χ0) is 17.1. The quantitative estimate of drug-likeness (QED) is 0.926. The van der Waals surface area contributed by atoms with Crippen LogP contribution >= 0.6 is 11.6 Å². The fourth-order valence-corrected chi connectivity index (χ4v) is 3.07. The van der Waals surface area contributed by atoms with Crippen LogP contribution in [0.3, 0.4) is 0 Å². The van der Waals surface area contributed by atoms with Crippen LogP contribution in [-0.2, 0) is 4.79 Å². The van der Waals surface area contributed by atoms with Crippen molar-refractivity contribution in [3.63, 3.8) is 0 Å². The van der Waals surface area contributed by atoms with Crippen LogP contribution < -0.4 is 5.32 Å². The van der Waals surface area contributed by atoms with Crippen molar-refractivity contribution in [2.24, 2.45) is 0 Å². The highest BCUT2D eigenvalue weighted by molar-refractivity contribution is 6.30. The van der Waals surface area contributed by atoms with Gasteiger partial charge in [0.05, 0.1) is 0 Å². The van der Waals surface area contributed by atoms with Gasteiger partial charge in [0.15, 0.2) is 0 Å². The minimum atomic E-state index is -0.217. The number of hydrogen-bond acceptors (Lipinski definition) is 4. The van der Waals surface area contributed by atoms with Crippen LogP contribution in [0.5, 0.6) is 0 Å². The van der Waals surface area contributed by atoms with Crippen LogP contribution in [-0.4, -0.2) is 41.0 Å². The second-order valence-corrected chi connectivity index (χ2v) is 6.31.